The van der Waals surface area contributed by atoms with E-state index >= 15 is 0 Å². The van der Waals surface area contributed by atoms with Crippen LogP contribution in [0.1, 0.15) is 20.3 Å². The summed E-state index contributed by atoms with van der Waals surface area (Å²) in [6.45, 7) is 4.25. The van der Waals surface area contributed by atoms with Crippen LogP contribution in [0.25, 0.3) is 0 Å². The Labute approximate surface area is 67.6 Å². The van der Waals surface area contributed by atoms with Crippen LogP contribution < -0.4 is 0 Å². The third-order valence-corrected chi connectivity index (χ3v) is 0. The number of hydrogen-bond donors (Lipinski definition) is 0. The predicted octanol–water partition coefficient (Wildman–Crippen LogP) is 2.31. The molecule has 1 radical (unpaired) electrons. The van der Waals surface area contributed by atoms with Crippen molar-refractivity contribution in [3.05, 3.63) is 14.9 Å². The summed E-state index contributed by atoms with van der Waals surface area (Å²) in [5.41, 5.74) is 0. The molecule has 0 amide bonds. The van der Waals surface area contributed by atoms with Gasteiger partial charge in [0.2, 0.25) is 0 Å². The van der Waals surface area contributed by atoms with Crippen molar-refractivity contribution in [2.75, 3.05) is 0 Å². The molecule has 0 aromatic heterocycles. The summed E-state index contributed by atoms with van der Waals surface area (Å²) in [5.74, 6) is 0. The van der Waals surface area contributed by atoms with Crippen LogP contribution in [0.4, 0.5) is 0 Å². The second-order valence-corrected chi connectivity index (χ2v) is 0.707. The molecule has 0 heterocycles. The quantitative estimate of drug-likeness (QED) is 0.480. The fourth-order valence-electron chi connectivity index (χ4n) is 0. The van der Waals surface area contributed by atoms with Gasteiger partial charge in [-0.3, -0.25) is 0 Å². The van der Waals surface area contributed by atoms with Crippen LogP contribution >= 0.6 is 0 Å². The molecule has 0 fully saturated rings. The molecule has 0 atom stereocenters. The molecule has 39 valence electrons. The maximum Gasteiger partial charge on any atom is 0 e. The Hall–Kier alpha value is 1.10. The van der Waals surface area contributed by atoms with Gasteiger partial charge in [0.1, 0.15) is 0 Å². The molecule has 0 rings (SSSR count). The molecule has 6 heavy (non-hydrogen) atoms. The van der Waals surface area contributed by atoms with Crippen molar-refractivity contribution in [3.63, 3.8) is 0 Å². The van der Waals surface area contributed by atoms with Crippen LogP contribution in [-0.4, -0.2) is 0 Å². The van der Waals surface area contributed by atoms with Crippen molar-refractivity contribution < 1.29 is 32.7 Å². The summed E-state index contributed by atoms with van der Waals surface area (Å²) in [6.07, 6.45) is 1.25. The molecule has 0 aliphatic heterocycles. The van der Waals surface area contributed by atoms with Crippen LogP contribution in [0.2, 0.25) is 0 Å². The number of hydrogen-bond acceptors (Lipinski definition) is 0. The van der Waals surface area contributed by atoms with Crippen LogP contribution in [0, 0.1) is 14.9 Å². The van der Waals surface area contributed by atoms with E-state index in [4.69, 9.17) is 0 Å². The normalized spacial score (nSPS) is 3.00. The van der Waals surface area contributed by atoms with Gasteiger partial charge in [0.05, 0.1) is 0 Å². The minimum atomic E-state index is 0. The Morgan fingerprint density at radius 2 is 1.00 bits per heavy atom. The molecule has 0 saturated heterocycles. The van der Waals surface area contributed by atoms with Gasteiger partial charge in [-0.15, -0.1) is 0 Å². The molecule has 1 heteroatoms. The summed E-state index contributed by atoms with van der Waals surface area (Å²) in [5, 5.41) is 0. The Kier molecular flexibility index (Phi) is 164. The van der Waals surface area contributed by atoms with Gasteiger partial charge >= 0.3 is 0 Å². The van der Waals surface area contributed by atoms with Gasteiger partial charge < -0.3 is 14.9 Å². The third kappa shape index (κ3) is 70.5. The van der Waals surface area contributed by atoms with E-state index in [2.05, 4.69) is 13.8 Å². The van der Waals surface area contributed by atoms with Gasteiger partial charge in [0.25, 0.3) is 0 Å². The summed E-state index contributed by atoms with van der Waals surface area (Å²) >= 11 is 0. The van der Waals surface area contributed by atoms with Crippen molar-refractivity contribution in [2.45, 2.75) is 20.3 Å². The zero-order chi connectivity index (χ0) is 2.71. The largest absolute Gasteiger partial charge is 0.358 e. The van der Waals surface area contributed by atoms with E-state index in [0.29, 0.717) is 0 Å². The molecule has 0 spiro atoms. The standard InChI is InChI=1S/C3H8.2CH3.Y/c1-3-2;;;/h3H2,1-2H3;2*1H3;/q;2*-1;. The maximum absolute atomic E-state index is 2.12. The molecular formula is C5H14Y-2. The Morgan fingerprint density at radius 3 is 1.00 bits per heavy atom. The Balaban J connectivity index is -0.00000000667. The van der Waals surface area contributed by atoms with Crippen LogP contribution in [-0.2, 0) is 32.7 Å². The van der Waals surface area contributed by atoms with Gasteiger partial charge in [-0.25, -0.2) is 0 Å². The van der Waals surface area contributed by atoms with E-state index in [1.54, 1.807) is 0 Å². The van der Waals surface area contributed by atoms with Crippen molar-refractivity contribution in [1.29, 1.82) is 0 Å². The molecule has 0 bridgehead atoms. The minimum absolute atomic E-state index is 0. The molecule has 0 aliphatic carbocycles. The predicted molar refractivity (Wildman–Crippen MR) is 28.8 cm³/mol. The smallest absolute Gasteiger partial charge is 0 e. The first kappa shape index (κ1) is 27.5. The van der Waals surface area contributed by atoms with Crippen molar-refractivity contribution in [1.82, 2.24) is 0 Å². The molecule has 0 aromatic carbocycles. The summed E-state index contributed by atoms with van der Waals surface area (Å²) in [7, 11) is 0. The first-order valence-corrected chi connectivity index (χ1v) is 1.41. The second kappa shape index (κ2) is 35.9. The van der Waals surface area contributed by atoms with E-state index in [0.717, 1.165) is 0 Å². The average Bonchev–Trinajstić information content (AvgIpc) is 0.918. The van der Waals surface area contributed by atoms with E-state index in [9.17, 15) is 0 Å². The average molecular weight is 163 g/mol. The Morgan fingerprint density at radius 1 is 1.00 bits per heavy atom. The number of rotatable bonds is 0. The van der Waals surface area contributed by atoms with Crippen LogP contribution in [0.15, 0.2) is 0 Å². The SMILES string of the molecule is CCC.[CH3-].[CH3-].[Y]. The van der Waals surface area contributed by atoms with Crippen molar-refractivity contribution >= 4 is 0 Å². The van der Waals surface area contributed by atoms with E-state index in [-0.39, 0.29) is 47.6 Å². The third-order valence-electron chi connectivity index (χ3n) is 0. The molecule has 0 N–H and O–H groups in total. The molecule has 0 aromatic rings. The zero-order valence-corrected chi connectivity index (χ0v) is 8.12. The Bertz CT molecular complexity index is 3.90. The molecule has 0 saturated carbocycles. The van der Waals surface area contributed by atoms with Crippen LogP contribution in [0.3, 0.4) is 0 Å². The van der Waals surface area contributed by atoms with E-state index < -0.39 is 0 Å². The van der Waals surface area contributed by atoms with Gasteiger partial charge in [0, 0.05) is 32.7 Å². The maximum atomic E-state index is 2.12. The van der Waals surface area contributed by atoms with Gasteiger partial charge in [0.15, 0.2) is 0 Å². The first-order valence-electron chi connectivity index (χ1n) is 1.41. The van der Waals surface area contributed by atoms with E-state index in [1.807, 2.05) is 0 Å². The van der Waals surface area contributed by atoms with Gasteiger partial charge in [-0.1, -0.05) is 20.3 Å². The summed E-state index contributed by atoms with van der Waals surface area (Å²) in [6, 6.07) is 0. The van der Waals surface area contributed by atoms with Crippen LogP contribution in [0.5, 0.6) is 0 Å². The second-order valence-electron chi connectivity index (χ2n) is 0.707. The zero-order valence-electron chi connectivity index (χ0n) is 5.28. The first-order chi connectivity index (χ1) is 1.41. The van der Waals surface area contributed by atoms with Gasteiger partial charge in [-0.05, 0) is 0 Å². The summed E-state index contributed by atoms with van der Waals surface area (Å²) in [4.78, 5) is 0. The fourth-order valence-corrected chi connectivity index (χ4v) is 0. The monoisotopic (exact) mass is 163 g/mol. The van der Waals surface area contributed by atoms with Crippen molar-refractivity contribution in [2.24, 2.45) is 0 Å². The fraction of sp³-hybridized carbons (Fsp3) is 0.600. The molecule has 0 aliphatic rings. The molecular weight excluding hydrogens is 149 g/mol. The topological polar surface area (TPSA) is 0 Å². The molecule has 0 unspecified atom stereocenters. The molecule has 0 nitrogen and oxygen atoms in total. The van der Waals surface area contributed by atoms with Crippen molar-refractivity contribution in [3.8, 4) is 0 Å². The minimum Gasteiger partial charge on any atom is -0.358 e. The van der Waals surface area contributed by atoms with Gasteiger partial charge in [-0.2, -0.15) is 0 Å². The summed E-state index contributed by atoms with van der Waals surface area (Å²) < 4.78 is 0. The van der Waals surface area contributed by atoms with E-state index in [1.165, 1.54) is 6.42 Å².